The molecule has 1 heterocycles. The molecule has 3 nitrogen and oxygen atoms in total. The largest absolute Gasteiger partial charge is 0.308 e. The van der Waals surface area contributed by atoms with Gasteiger partial charge >= 0.3 is 0 Å². The van der Waals surface area contributed by atoms with Gasteiger partial charge in [0.2, 0.25) is 0 Å². The van der Waals surface area contributed by atoms with Crippen molar-refractivity contribution in [2.24, 2.45) is 0 Å². The van der Waals surface area contributed by atoms with Crippen LogP contribution in [0.25, 0.3) is 0 Å². The highest BCUT2D eigenvalue weighted by Gasteiger charge is 2.05. The minimum Gasteiger partial charge on any atom is -0.308 e. The molecule has 0 radical (unpaired) electrons. The molecule has 4 heteroatoms. The number of hydrogen-bond acceptors (Lipinski definition) is 4. The Balaban J connectivity index is 2.12. The van der Waals surface area contributed by atoms with Gasteiger partial charge < -0.3 is 10.2 Å². The first kappa shape index (κ1) is 15.6. The average molecular weight is 269 g/mol. The van der Waals surface area contributed by atoms with Crippen molar-refractivity contribution in [3.8, 4) is 0 Å². The molecule has 0 saturated carbocycles. The Bertz CT molecular complexity index is 321. The molecule has 1 aromatic rings. The van der Waals surface area contributed by atoms with Crippen LogP contribution < -0.4 is 5.32 Å². The Hall–Kier alpha value is -0.450. The second-order valence-corrected chi connectivity index (χ2v) is 5.78. The smallest absolute Gasteiger partial charge is 0.107 e. The maximum absolute atomic E-state index is 4.47. The van der Waals surface area contributed by atoms with E-state index in [2.05, 4.69) is 41.4 Å². The highest BCUT2D eigenvalue weighted by molar-refractivity contribution is 7.09. The van der Waals surface area contributed by atoms with Crippen LogP contribution in [0.5, 0.6) is 0 Å². The summed E-state index contributed by atoms with van der Waals surface area (Å²) in [5, 5.41) is 6.86. The lowest BCUT2D eigenvalue weighted by atomic mass is 10.2. The normalized spacial score (nSPS) is 13.2. The number of aryl methyl sites for hydroxylation is 1. The third kappa shape index (κ3) is 5.94. The zero-order chi connectivity index (χ0) is 13.4. The molecule has 104 valence electrons. The van der Waals surface area contributed by atoms with Crippen molar-refractivity contribution >= 4 is 11.3 Å². The first-order valence-electron chi connectivity index (χ1n) is 7.02. The summed E-state index contributed by atoms with van der Waals surface area (Å²) in [6.07, 6.45) is 2.51. The van der Waals surface area contributed by atoms with Crippen molar-refractivity contribution in [3.63, 3.8) is 0 Å². The van der Waals surface area contributed by atoms with Crippen LogP contribution in [0.1, 0.15) is 44.3 Å². The lowest BCUT2D eigenvalue weighted by Crippen LogP contribution is -2.28. The topological polar surface area (TPSA) is 28.2 Å². The first-order valence-corrected chi connectivity index (χ1v) is 7.90. The van der Waals surface area contributed by atoms with E-state index in [1.165, 1.54) is 24.4 Å². The van der Waals surface area contributed by atoms with Gasteiger partial charge in [0.15, 0.2) is 0 Å². The van der Waals surface area contributed by atoms with E-state index in [9.17, 15) is 0 Å². The molecule has 0 aliphatic heterocycles. The molecule has 0 spiro atoms. The molecule has 1 rings (SSSR count). The van der Waals surface area contributed by atoms with E-state index < -0.39 is 0 Å². The number of rotatable bonds is 9. The maximum Gasteiger partial charge on any atom is 0.107 e. The molecule has 1 atom stereocenters. The van der Waals surface area contributed by atoms with Gasteiger partial charge in [-0.3, -0.25) is 0 Å². The van der Waals surface area contributed by atoms with Gasteiger partial charge in [-0.15, -0.1) is 11.3 Å². The third-order valence-electron chi connectivity index (χ3n) is 3.27. The third-order valence-corrected chi connectivity index (χ3v) is 4.24. The SMILES string of the molecule is CCN(CC)CCCC(C)NCc1nc(C)cs1. The summed E-state index contributed by atoms with van der Waals surface area (Å²) in [6, 6.07) is 0.574. The molecule has 0 aliphatic rings. The van der Waals surface area contributed by atoms with Crippen LogP contribution in [0, 0.1) is 6.92 Å². The van der Waals surface area contributed by atoms with Gasteiger partial charge in [0, 0.05) is 23.7 Å². The predicted molar refractivity (Wildman–Crippen MR) is 80.2 cm³/mol. The summed E-state index contributed by atoms with van der Waals surface area (Å²) in [4.78, 5) is 6.95. The summed E-state index contributed by atoms with van der Waals surface area (Å²) in [5.74, 6) is 0. The van der Waals surface area contributed by atoms with Crippen LogP contribution in [0.2, 0.25) is 0 Å². The molecule has 0 aromatic carbocycles. The molecule has 0 aliphatic carbocycles. The van der Waals surface area contributed by atoms with Crippen LogP contribution in [0.4, 0.5) is 0 Å². The van der Waals surface area contributed by atoms with Gasteiger partial charge in [-0.2, -0.15) is 0 Å². The van der Waals surface area contributed by atoms with Gasteiger partial charge in [-0.1, -0.05) is 13.8 Å². The minimum absolute atomic E-state index is 0.574. The Labute approximate surface area is 116 Å². The Morgan fingerprint density at radius 2 is 2.11 bits per heavy atom. The lowest BCUT2D eigenvalue weighted by Gasteiger charge is -2.19. The fourth-order valence-electron chi connectivity index (χ4n) is 2.01. The minimum atomic E-state index is 0.574. The molecule has 1 unspecified atom stereocenters. The van der Waals surface area contributed by atoms with Gasteiger partial charge in [0.25, 0.3) is 0 Å². The summed E-state index contributed by atoms with van der Waals surface area (Å²) in [7, 11) is 0. The second kappa shape index (κ2) is 8.62. The summed E-state index contributed by atoms with van der Waals surface area (Å²) >= 11 is 1.75. The van der Waals surface area contributed by atoms with E-state index in [0.29, 0.717) is 6.04 Å². The average Bonchev–Trinajstić information content (AvgIpc) is 2.78. The predicted octanol–water partition coefficient (Wildman–Crippen LogP) is 3.05. The first-order chi connectivity index (χ1) is 8.65. The molecular formula is C14H27N3S. The van der Waals surface area contributed by atoms with Crippen LogP contribution in [-0.4, -0.2) is 35.6 Å². The number of thiazole rings is 1. The van der Waals surface area contributed by atoms with Gasteiger partial charge in [-0.05, 0) is 46.3 Å². The summed E-state index contributed by atoms with van der Waals surface area (Å²) < 4.78 is 0. The number of nitrogens with one attached hydrogen (secondary N) is 1. The number of aromatic nitrogens is 1. The quantitative estimate of drug-likeness (QED) is 0.747. The molecule has 0 saturated heterocycles. The Morgan fingerprint density at radius 1 is 1.39 bits per heavy atom. The Kier molecular flexibility index (Phi) is 7.47. The highest BCUT2D eigenvalue weighted by atomic mass is 32.1. The van der Waals surface area contributed by atoms with E-state index in [1.54, 1.807) is 11.3 Å². The van der Waals surface area contributed by atoms with E-state index in [1.807, 2.05) is 6.92 Å². The van der Waals surface area contributed by atoms with Crippen molar-refractivity contribution in [2.45, 2.75) is 53.1 Å². The van der Waals surface area contributed by atoms with Crippen LogP contribution in [0.3, 0.4) is 0 Å². The van der Waals surface area contributed by atoms with Crippen LogP contribution in [0.15, 0.2) is 5.38 Å². The van der Waals surface area contributed by atoms with Gasteiger partial charge in [0.05, 0.1) is 0 Å². The van der Waals surface area contributed by atoms with Crippen LogP contribution in [-0.2, 0) is 6.54 Å². The van der Waals surface area contributed by atoms with Gasteiger partial charge in [-0.25, -0.2) is 4.98 Å². The second-order valence-electron chi connectivity index (χ2n) is 4.83. The lowest BCUT2D eigenvalue weighted by molar-refractivity contribution is 0.290. The molecule has 18 heavy (non-hydrogen) atoms. The van der Waals surface area contributed by atoms with Crippen molar-refractivity contribution in [1.29, 1.82) is 0 Å². The number of nitrogens with zero attached hydrogens (tertiary/aromatic N) is 2. The van der Waals surface area contributed by atoms with E-state index in [-0.39, 0.29) is 0 Å². The van der Waals surface area contributed by atoms with Crippen molar-refractivity contribution in [1.82, 2.24) is 15.2 Å². The molecule has 1 N–H and O–H groups in total. The fraction of sp³-hybridized carbons (Fsp3) is 0.786. The standard InChI is InChI=1S/C14H27N3S/c1-5-17(6-2)9-7-8-12(3)15-10-14-16-13(4)11-18-14/h11-12,15H,5-10H2,1-4H3. The Morgan fingerprint density at radius 3 is 2.67 bits per heavy atom. The van der Waals surface area contributed by atoms with Gasteiger partial charge in [0.1, 0.15) is 5.01 Å². The molecule has 0 fully saturated rings. The van der Waals surface area contributed by atoms with E-state index >= 15 is 0 Å². The van der Waals surface area contributed by atoms with Crippen LogP contribution >= 0.6 is 11.3 Å². The summed E-state index contributed by atoms with van der Waals surface area (Å²) in [6.45, 7) is 13.2. The van der Waals surface area contributed by atoms with Crippen molar-refractivity contribution in [3.05, 3.63) is 16.1 Å². The molecule has 0 amide bonds. The number of hydrogen-bond donors (Lipinski definition) is 1. The molecular weight excluding hydrogens is 242 g/mol. The van der Waals surface area contributed by atoms with Crippen molar-refractivity contribution < 1.29 is 0 Å². The fourth-order valence-corrected chi connectivity index (χ4v) is 2.73. The zero-order valence-electron chi connectivity index (χ0n) is 12.2. The van der Waals surface area contributed by atoms with E-state index in [0.717, 1.165) is 25.3 Å². The van der Waals surface area contributed by atoms with E-state index in [4.69, 9.17) is 0 Å². The maximum atomic E-state index is 4.47. The monoisotopic (exact) mass is 269 g/mol. The van der Waals surface area contributed by atoms with Crippen molar-refractivity contribution in [2.75, 3.05) is 19.6 Å². The molecule has 1 aromatic heterocycles. The summed E-state index contributed by atoms with van der Waals surface area (Å²) in [5.41, 5.74) is 1.13. The zero-order valence-corrected chi connectivity index (χ0v) is 13.0. The molecule has 0 bridgehead atoms. The highest BCUT2D eigenvalue weighted by Crippen LogP contribution is 2.09.